The molecule has 2 amide bonds. The van der Waals surface area contributed by atoms with E-state index in [9.17, 15) is 9.59 Å². The molecule has 5 nitrogen and oxygen atoms in total. The second-order valence-electron chi connectivity index (χ2n) is 9.35. The maximum Gasteiger partial charge on any atom is 0.266 e. The van der Waals surface area contributed by atoms with Gasteiger partial charge in [0.15, 0.2) is 0 Å². The standard InChI is InChI=1S/C24H29N3O2S/c1-16(28)26-18(12-17-8-4-3-5-9-17)19-13-24(2)21(26)10-6-7-11-22(24)27(19)23(29)20-14-25-15-30-20/h3-5,8-9,14-15,18-19,21-22H,6-7,10-13H2,1-2H3/t18-,19+,21-,22+,24-/m1/s1. The van der Waals surface area contributed by atoms with Crippen molar-refractivity contribution in [3.05, 3.63) is 52.5 Å². The zero-order chi connectivity index (χ0) is 20.9. The summed E-state index contributed by atoms with van der Waals surface area (Å²) < 4.78 is 0. The summed E-state index contributed by atoms with van der Waals surface area (Å²) in [5, 5.41) is 0. The number of hydrogen-bond acceptors (Lipinski definition) is 4. The predicted octanol–water partition coefficient (Wildman–Crippen LogP) is 4.15. The minimum atomic E-state index is -0.0413. The van der Waals surface area contributed by atoms with Gasteiger partial charge in [-0.15, -0.1) is 11.3 Å². The quantitative estimate of drug-likeness (QED) is 0.745. The maximum atomic E-state index is 13.7. The topological polar surface area (TPSA) is 53.5 Å². The lowest BCUT2D eigenvalue weighted by atomic mass is 9.69. The molecule has 0 spiro atoms. The lowest BCUT2D eigenvalue weighted by molar-refractivity contribution is -0.141. The van der Waals surface area contributed by atoms with Crippen molar-refractivity contribution in [3.8, 4) is 0 Å². The van der Waals surface area contributed by atoms with Crippen LogP contribution in [0.4, 0.5) is 0 Å². The minimum Gasteiger partial charge on any atom is -0.334 e. The van der Waals surface area contributed by atoms with Crippen molar-refractivity contribution in [1.29, 1.82) is 0 Å². The molecule has 2 bridgehead atoms. The van der Waals surface area contributed by atoms with Gasteiger partial charge in [-0.05, 0) is 31.2 Å². The molecule has 1 saturated carbocycles. The van der Waals surface area contributed by atoms with Crippen molar-refractivity contribution < 1.29 is 9.59 Å². The van der Waals surface area contributed by atoms with Crippen molar-refractivity contribution in [2.24, 2.45) is 5.41 Å². The van der Waals surface area contributed by atoms with Gasteiger partial charge in [-0.25, -0.2) is 0 Å². The average molecular weight is 424 g/mol. The molecule has 1 aromatic heterocycles. The van der Waals surface area contributed by atoms with Crippen molar-refractivity contribution in [1.82, 2.24) is 14.8 Å². The van der Waals surface area contributed by atoms with Crippen LogP contribution in [0.15, 0.2) is 42.0 Å². The number of carbonyl (C=O) groups excluding carboxylic acids is 2. The minimum absolute atomic E-state index is 0.0166. The second kappa shape index (κ2) is 7.49. The Morgan fingerprint density at radius 3 is 2.47 bits per heavy atom. The number of benzene rings is 1. The highest BCUT2D eigenvalue weighted by Crippen LogP contribution is 2.56. The van der Waals surface area contributed by atoms with Crippen LogP contribution in [0.5, 0.6) is 0 Å². The Kier molecular flexibility index (Phi) is 4.92. The molecule has 1 aliphatic carbocycles. The molecule has 30 heavy (non-hydrogen) atoms. The van der Waals surface area contributed by atoms with Gasteiger partial charge < -0.3 is 9.80 Å². The second-order valence-corrected chi connectivity index (χ2v) is 10.2. The van der Waals surface area contributed by atoms with Crippen LogP contribution in [-0.4, -0.2) is 50.8 Å². The van der Waals surface area contributed by atoms with Crippen LogP contribution in [0.3, 0.4) is 0 Å². The van der Waals surface area contributed by atoms with Crippen molar-refractivity contribution in [2.45, 2.75) is 76.5 Å². The number of likely N-dealkylation sites (tertiary alicyclic amines) is 2. The van der Waals surface area contributed by atoms with E-state index < -0.39 is 0 Å². The summed E-state index contributed by atoms with van der Waals surface area (Å²) in [6, 6.07) is 10.9. The van der Waals surface area contributed by atoms with E-state index in [-0.39, 0.29) is 41.4 Å². The number of nitrogens with zero attached hydrogens (tertiary/aromatic N) is 3. The van der Waals surface area contributed by atoms with Gasteiger partial charge in [0.2, 0.25) is 5.91 Å². The predicted molar refractivity (Wildman–Crippen MR) is 117 cm³/mol. The molecule has 5 atom stereocenters. The lowest BCUT2D eigenvalue weighted by Crippen LogP contribution is -2.61. The molecule has 5 rings (SSSR count). The number of amides is 2. The number of aromatic nitrogens is 1. The van der Waals surface area contributed by atoms with Crippen molar-refractivity contribution in [3.63, 3.8) is 0 Å². The Labute approximate surface area is 182 Å². The lowest BCUT2D eigenvalue weighted by Gasteiger charge is -2.50. The van der Waals surface area contributed by atoms with E-state index in [4.69, 9.17) is 0 Å². The van der Waals surface area contributed by atoms with Gasteiger partial charge in [0.1, 0.15) is 4.88 Å². The number of fused-ring (bicyclic) bond motifs is 1. The molecule has 6 heteroatoms. The van der Waals surface area contributed by atoms with Gasteiger partial charge in [-0.3, -0.25) is 14.6 Å². The Morgan fingerprint density at radius 2 is 1.83 bits per heavy atom. The first-order valence-corrected chi connectivity index (χ1v) is 11.9. The van der Waals surface area contributed by atoms with Gasteiger partial charge in [0.05, 0.1) is 23.8 Å². The number of piperidine rings is 1. The third-order valence-corrected chi connectivity index (χ3v) is 8.50. The molecule has 158 valence electrons. The normalized spacial score (nSPS) is 32.7. The largest absolute Gasteiger partial charge is 0.334 e. The zero-order valence-corrected chi connectivity index (χ0v) is 18.5. The molecule has 0 radical (unpaired) electrons. The molecular weight excluding hydrogens is 394 g/mol. The Balaban J connectivity index is 1.61. The van der Waals surface area contributed by atoms with Crippen LogP contribution < -0.4 is 0 Å². The van der Waals surface area contributed by atoms with Crippen LogP contribution in [0, 0.1) is 5.41 Å². The van der Waals surface area contributed by atoms with E-state index in [0.717, 1.165) is 38.5 Å². The van der Waals surface area contributed by atoms with E-state index in [0.29, 0.717) is 4.88 Å². The SMILES string of the molecule is CC(=O)N1[C@H](Cc2ccccc2)[C@@H]2C[C@@]3(C)[C@H](CCCC[C@@H]13)N2C(=O)c1cncs1. The van der Waals surface area contributed by atoms with Gasteiger partial charge in [-0.2, -0.15) is 0 Å². The van der Waals surface area contributed by atoms with Gasteiger partial charge in [0, 0.05) is 24.4 Å². The van der Waals surface area contributed by atoms with E-state index in [1.165, 1.54) is 16.9 Å². The molecule has 3 fully saturated rings. The summed E-state index contributed by atoms with van der Waals surface area (Å²) in [6.07, 6.45) is 7.76. The summed E-state index contributed by atoms with van der Waals surface area (Å²) in [5.74, 6) is 0.241. The molecule has 3 heterocycles. The molecular formula is C24H29N3O2S. The fraction of sp³-hybridized carbons (Fsp3) is 0.542. The van der Waals surface area contributed by atoms with Crippen molar-refractivity contribution >= 4 is 23.2 Å². The molecule has 1 aromatic carbocycles. The highest BCUT2D eigenvalue weighted by Gasteiger charge is 2.63. The van der Waals surface area contributed by atoms with E-state index in [1.54, 1.807) is 18.6 Å². The highest BCUT2D eigenvalue weighted by atomic mass is 32.1. The third-order valence-electron chi connectivity index (χ3n) is 7.74. The summed E-state index contributed by atoms with van der Waals surface area (Å²) in [4.78, 5) is 35.9. The Hall–Kier alpha value is -2.21. The summed E-state index contributed by atoms with van der Waals surface area (Å²) >= 11 is 1.42. The first-order valence-electron chi connectivity index (χ1n) is 11.0. The highest BCUT2D eigenvalue weighted by molar-refractivity contribution is 7.11. The Bertz CT molecular complexity index is 931. The van der Waals surface area contributed by atoms with Gasteiger partial charge in [-0.1, -0.05) is 50.1 Å². The van der Waals surface area contributed by atoms with Crippen LogP contribution in [-0.2, 0) is 11.2 Å². The fourth-order valence-corrected chi connectivity index (χ4v) is 7.11. The van der Waals surface area contributed by atoms with Crippen LogP contribution >= 0.6 is 11.3 Å². The number of hydrogen-bond donors (Lipinski definition) is 0. The van der Waals surface area contributed by atoms with E-state index >= 15 is 0 Å². The monoisotopic (exact) mass is 423 g/mol. The van der Waals surface area contributed by atoms with E-state index in [1.807, 2.05) is 6.07 Å². The third kappa shape index (κ3) is 2.99. The molecule has 2 aromatic rings. The number of carbonyl (C=O) groups is 2. The van der Waals surface area contributed by atoms with Crippen molar-refractivity contribution in [2.75, 3.05) is 0 Å². The Morgan fingerprint density at radius 1 is 1.13 bits per heavy atom. The van der Waals surface area contributed by atoms with E-state index in [2.05, 4.69) is 46.0 Å². The zero-order valence-electron chi connectivity index (χ0n) is 17.7. The van der Waals surface area contributed by atoms with Gasteiger partial charge >= 0.3 is 0 Å². The molecule has 2 saturated heterocycles. The molecule has 0 unspecified atom stereocenters. The van der Waals surface area contributed by atoms with Gasteiger partial charge in [0.25, 0.3) is 5.91 Å². The molecule has 2 aliphatic heterocycles. The number of thiazole rings is 1. The summed E-state index contributed by atoms with van der Waals surface area (Å²) in [7, 11) is 0. The van der Waals surface area contributed by atoms with Crippen LogP contribution in [0.1, 0.15) is 61.2 Å². The fourth-order valence-electron chi connectivity index (χ4n) is 6.54. The summed E-state index contributed by atoms with van der Waals surface area (Å²) in [6.45, 7) is 4.04. The smallest absolute Gasteiger partial charge is 0.266 e. The first-order chi connectivity index (χ1) is 14.5. The molecule has 0 N–H and O–H groups in total. The average Bonchev–Trinajstić information content (AvgIpc) is 3.31. The van der Waals surface area contributed by atoms with Crippen LogP contribution in [0.2, 0.25) is 0 Å². The maximum absolute atomic E-state index is 13.7. The molecule has 3 aliphatic rings. The first kappa shape index (κ1) is 19.7. The number of rotatable bonds is 3. The van der Waals surface area contributed by atoms with Crippen LogP contribution in [0.25, 0.3) is 0 Å². The summed E-state index contributed by atoms with van der Waals surface area (Å²) in [5.41, 5.74) is 2.92.